The first-order valence-corrected chi connectivity index (χ1v) is 8.78. The van der Waals surface area contributed by atoms with Crippen molar-refractivity contribution in [3.8, 4) is 22.7 Å². The zero-order valence-electron chi connectivity index (χ0n) is 14.4. The van der Waals surface area contributed by atoms with Crippen LogP contribution >= 0.6 is 0 Å². The van der Waals surface area contributed by atoms with E-state index in [1.807, 2.05) is 60.7 Å². The van der Waals surface area contributed by atoms with Crippen LogP contribution in [0.2, 0.25) is 0 Å². The van der Waals surface area contributed by atoms with Gasteiger partial charge in [0.25, 0.3) is 0 Å². The molecule has 4 aromatic rings. The van der Waals surface area contributed by atoms with E-state index in [1.165, 1.54) is 0 Å². The second kappa shape index (κ2) is 6.57. The predicted molar refractivity (Wildman–Crippen MR) is 105 cm³/mol. The Hall–Kier alpha value is -3.66. The average molecular weight is 352 g/mol. The molecular weight excluding hydrogens is 336 g/mol. The maximum Gasteiger partial charge on any atom is 0.159 e. The van der Waals surface area contributed by atoms with Gasteiger partial charge >= 0.3 is 0 Å². The first kappa shape index (κ1) is 15.6. The van der Waals surface area contributed by atoms with Crippen LogP contribution in [0.4, 0.5) is 0 Å². The van der Waals surface area contributed by atoms with Gasteiger partial charge in [0.2, 0.25) is 0 Å². The van der Waals surface area contributed by atoms with Gasteiger partial charge in [-0.15, -0.1) is 0 Å². The summed E-state index contributed by atoms with van der Waals surface area (Å²) in [6, 6.07) is 17.9. The maximum atomic E-state index is 5.85. The van der Waals surface area contributed by atoms with Gasteiger partial charge in [0.1, 0.15) is 5.76 Å². The van der Waals surface area contributed by atoms with Crippen LogP contribution < -0.4 is 0 Å². The van der Waals surface area contributed by atoms with Crippen molar-refractivity contribution in [2.24, 2.45) is 0 Å². The summed E-state index contributed by atoms with van der Waals surface area (Å²) in [6.07, 6.45) is 10.7. The zero-order valence-corrected chi connectivity index (χ0v) is 14.4. The van der Waals surface area contributed by atoms with Gasteiger partial charge in [-0.1, -0.05) is 36.4 Å². The molecule has 4 heteroatoms. The van der Waals surface area contributed by atoms with Crippen molar-refractivity contribution >= 4 is 10.8 Å². The highest BCUT2D eigenvalue weighted by atomic mass is 16.5. The van der Waals surface area contributed by atoms with E-state index in [0.717, 1.165) is 39.2 Å². The van der Waals surface area contributed by atoms with Crippen molar-refractivity contribution in [1.82, 2.24) is 9.97 Å². The van der Waals surface area contributed by atoms with Crippen molar-refractivity contribution in [2.45, 2.75) is 6.10 Å². The van der Waals surface area contributed by atoms with Gasteiger partial charge in [-0.25, -0.2) is 4.98 Å². The van der Waals surface area contributed by atoms with E-state index < -0.39 is 0 Å². The van der Waals surface area contributed by atoms with Gasteiger partial charge in [-0.2, -0.15) is 0 Å². The Morgan fingerprint density at radius 1 is 0.852 bits per heavy atom. The molecule has 0 spiro atoms. The second-order valence-corrected chi connectivity index (χ2v) is 6.23. The Bertz CT molecular complexity index is 1150. The first-order chi connectivity index (χ1) is 13.4. The van der Waals surface area contributed by atoms with Crippen molar-refractivity contribution in [2.75, 3.05) is 0 Å². The Morgan fingerprint density at radius 3 is 2.48 bits per heavy atom. The van der Waals surface area contributed by atoms with Gasteiger partial charge in [0.05, 0.1) is 35.2 Å². The summed E-state index contributed by atoms with van der Waals surface area (Å²) in [4.78, 5) is 9.54. The summed E-state index contributed by atoms with van der Waals surface area (Å²) >= 11 is 0. The minimum atomic E-state index is -0.290. The predicted octanol–water partition coefficient (Wildman–Crippen LogP) is 5.70. The number of nitrogens with zero attached hydrogens (tertiary/aromatic N) is 2. The lowest BCUT2D eigenvalue weighted by Crippen LogP contribution is -2.07. The van der Waals surface area contributed by atoms with Gasteiger partial charge < -0.3 is 9.15 Å². The minimum absolute atomic E-state index is 0.290. The first-order valence-electron chi connectivity index (χ1n) is 8.78. The maximum absolute atomic E-state index is 5.85. The van der Waals surface area contributed by atoms with E-state index >= 15 is 0 Å². The van der Waals surface area contributed by atoms with Crippen LogP contribution in [0, 0.1) is 0 Å². The summed E-state index contributed by atoms with van der Waals surface area (Å²) in [7, 11) is 0. The van der Waals surface area contributed by atoms with E-state index in [-0.39, 0.29) is 6.10 Å². The van der Waals surface area contributed by atoms with Crippen molar-refractivity contribution in [3.05, 3.63) is 97.2 Å². The van der Waals surface area contributed by atoms with E-state index in [2.05, 4.69) is 17.1 Å². The molecule has 4 nitrogen and oxygen atoms in total. The number of fused-ring (bicyclic) bond motifs is 1. The molecule has 1 aromatic carbocycles. The largest absolute Gasteiger partial charge is 0.488 e. The van der Waals surface area contributed by atoms with Crippen LogP contribution in [-0.4, -0.2) is 9.97 Å². The molecule has 0 aliphatic carbocycles. The Morgan fingerprint density at radius 2 is 1.74 bits per heavy atom. The molecule has 27 heavy (non-hydrogen) atoms. The van der Waals surface area contributed by atoms with E-state index in [4.69, 9.17) is 14.1 Å². The summed E-state index contributed by atoms with van der Waals surface area (Å²) in [5, 5.41) is 2.09. The summed E-state index contributed by atoms with van der Waals surface area (Å²) in [5.41, 5.74) is 3.42. The van der Waals surface area contributed by atoms with Crippen molar-refractivity contribution in [1.29, 1.82) is 0 Å². The van der Waals surface area contributed by atoms with Crippen LogP contribution in [0.5, 0.6) is 0 Å². The molecule has 130 valence electrons. The third-order valence-corrected chi connectivity index (χ3v) is 4.59. The lowest BCUT2D eigenvalue weighted by molar-refractivity contribution is 0.183. The van der Waals surface area contributed by atoms with E-state index in [9.17, 15) is 0 Å². The number of benzene rings is 1. The fourth-order valence-corrected chi connectivity index (χ4v) is 3.41. The molecule has 1 atom stereocenters. The molecule has 0 N–H and O–H groups in total. The molecule has 4 heterocycles. The second-order valence-electron chi connectivity index (χ2n) is 6.23. The van der Waals surface area contributed by atoms with E-state index in [1.54, 1.807) is 18.7 Å². The molecule has 0 saturated carbocycles. The highest BCUT2D eigenvalue weighted by Gasteiger charge is 2.24. The normalized spacial score (nSPS) is 15.8. The molecule has 0 bridgehead atoms. The quantitative estimate of drug-likeness (QED) is 0.475. The standard InChI is InChI=1S/C23H16N2O2/c1-2-9-17-16(8-1)21(19-12-7-15-26-19)23(20-11-4-6-14-27-20)25-22(17)18-10-3-5-13-24-18/h1-15,20H. The molecule has 3 aromatic heterocycles. The van der Waals surface area contributed by atoms with Gasteiger partial charge in [-0.05, 0) is 41.8 Å². The van der Waals surface area contributed by atoms with Gasteiger partial charge in [0, 0.05) is 11.6 Å². The molecule has 1 unspecified atom stereocenters. The number of hydrogen-bond donors (Lipinski definition) is 0. The number of allylic oxidation sites excluding steroid dienone is 2. The van der Waals surface area contributed by atoms with Crippen molar-refractivity contribution < 1.29 is 9.15 Å². The van der Waals surface area contributed by atoms with Crippen LogP contribution in [0.25, 0.3) is 33.5 Å². The summed E-state index contributed by atoms with van der Waals surface area (Å²) in [5.74, 6) is 0.771. The highest BCUT2D eigenvalue weighted by molar-refractivity contribution is 6.03. The highest BCUT2D eigenvalue weighted by Crippen LogP contribution is 2.40. The van der Waals surface area contributed by atoms with Gasteiger partial charge in [-0.3, -0.25) is 4.98 Å². The summed E-state index contributed by atoms with van der Waals surface area (Å²) < 4.78 is 11.6. The topological polar surface area (TPSA) is 48.2 Å². The van der Waals surface area contributed by atoms with Gasteiger partial charge in [0.15, 0.2) is 6.10 Å². The number of furan rings is 1. The SMILES string of the molecule is C1=COC(c2nc(-c3ccccn3)c3ccccc3c2-c2ccco2)C=C1. The monoisotopic (exact) mass is 352 g/mol. The number of hydrogen-bond acceptors (Lipinski definition) is 4. The van der Waals surface area contributed by atoms with E-state index in [0.29, 0.717) is 0 Å². The number of ether oxygens (including phenoxy) is 1. The smallest absolute Gasteiger partial charge is 0.159 e. The Kier molecular flexibility index (Phi) is 3.79. The Balaban J connectivity index is 1.86. The molecule has 1 aliphatic heterocycles. The number of aromatic nitrogens is 2. The molecule has 0 fully saturated rings. The number of pyridine rings is 2. The van der Waals surface area contributed by atoms with Crippen LogP contribution in [0.1, 0.15) is 11.8 Å². The van der Waals surface area contributed by atoms with Crippen LogP contribution in [-0.2, 0) is 4.74 Å². The Labute approximate surface area is 156 Å². The fourth-order valence-electron chi connectivity index (χ4n) is 3.41. The fraction of sp³-hybridized carbons (Fsp3) is 0.0435. The molecule has 0 amide bonds. The molecule has 5 rings (SSSR count). The molecule has 1 aliphatic rings. The van der Waals surface area contributed by atoms with Crippen LogP contribution in [0.3, 0.4) is 0 Å². The lowest BCUT2D eigenvalue weighted by Gasteiger charge is -2.20. The number of rotatable bonds is 3. The molecular formula is C23H16N2O2. The average Bonchev–Trinajstić information content (AvgIpc) is 3.28. The third kappa shape index (κ3) is 2.72. The third-order valence-electron chi connectivity index (χ3n) is 4.59. The van der Waals surface area contributed by atoms with Crippen molar-refractivity contribution in [3.63, 3.8) is 0 Å². The minimum Gasteiger partial charge on any atom is -0.488 e. The molecule has 0 radical (unpaired) electrons. The summed E-state index contributed by atoms with van der Waals surface area (Å²) in [6.45, 7) is 0. The molecule has 0 saturated heterocycles. The lowest BCUT2D eigenvalue weighted by atomic mass is 9.96. The zero-order chi connectivity index (χ0) is 18.1. The van der Waals surface area contributed by atoms with Crippen LogP contribution in [0.15, 0.2) is 96.0 Å².